The minimum absolute atomic E-state index is 0.385. The van der Waals surface area contributed by atoms with E-state index in [4.69, 9.17) is 0 Å². The summed E-state index contributed by atoms with van der Waals surface area (Å²) < 4.78 is 21.4. The molecule has 4 heteroatoms. The fourth-order valence-electron chi connectivity index (χ4n) is 0.887. The number of thiol groups is 1. The largest absolute Gasteiger partial charge is 0.319 e. The molecular weight excluding hydrogens is 186 g/mol. The van der Waals surface area contributed by atoms with E-state index in [0.717, 1.165) is 13.0 Å². The van der Waals surface area contributed by atoms with Crippen molar-refractivity contribution in [1.82, 2.24) is 5.32 Å². The zero-order valence-corrected chi connectivity index (χ0v) is 8.80. The third-order valence-electron chi connectivity index (χ3n) is 1.60. The second-order valence-corrected chi connectivity index (χ2v) is 3.93. The van der Waals surface area contributed by atoms with Gasteiger partial charge in [0.2, 0.25) is 0 Å². The van der Waals surface area contributed by atoms with Gasteiger partial charge in [0, 0.05) is 0 Å². The van der Waals surface area contributed by atoms with Gasteiger partial charge >= 0.3 is 0 Å². The van der Waals surface area contributed by atoms with Crippen LogP contribution in [0.1, 0.15) is 12.8 Å². The summed E-state index contributed by atoms with van der Waals surface area (Å²) in [5, 5.41) is 2.60. The number of hydrogen-bond donors (Lipinski definition) is 2. The molecule has 0 aromatic carbocycles. The smallest absolute Gasteiger partial charge is 0.146 e. The first-order valence-corrected chi connectivity index (χ1v) is 5.52. The van der Waals surface area contributed by atoms with Crippen molar-refractivity contribution in [2.45, 2.75) is 18.1 Å². The molecule has 0 aliphatic carbocycles. The molecule has 0 aromatic rings. The highest BCUT2D eigenvalue weighted by Crippen LogP contribution is 2.00. The molecule has 13 heavy (non-hydrogen) atoms. The third kappa shape index (κ3) is 6.54. The van der Waals surface area contributed by atoms with Crippen LogP contribution in [0.3, 0.4) is 0 Å². The van der Waals surface area contributed by atoms with Crippen molar-refractivity contribution >= 4 is 10.7 Å². The minimum Gasteiger partial charge on any atom is -0.319 e. The second kappa shape index (κ2) is 8.01. The van der Waals surface area contributed by atoms with Crippen LogP contribution < -0.4 is 5.32 Å². The Labute approximate surface area is 81.5 Å². The standard InChI is InChI=1S/C9H17NO2S/c1-3-6-9(13(11)12)7-4-5-8-10-2/h3-4,7,9-10,13H,1,5-6,8H2,2H3/b7-4-. The lowest BCUT2D eigenvalue weighted by atomic mass is 10.2. The first kappa shape index (κ1) is 12.4. The summed E-state index contributed by atoms with van der Waals surface area (Å²) in [5.41, 5.74) is 0. The van der Waals surface area contributed by atoms with Crippen LogP contribution in [-0.2, 0) is 10.7 Å². The first-order chi connectivity index (χ1) is 6.22. The molecule has 0 saturated heterocycles. The van der Waals surface area contributed by atoms with Crippen molar-refractivity contribution in [2.24, 2.45) is 0 Å². The molecule has 0 fully saturated rings. The molecule has 0 aliphatic heterocycles. The SMILES string of the molecule is C=CCC(/C=C\CCNC)[SH](=O)=O. The molecule has 1 atom stereocenters. The van der Waals surface area contributed by atoms with Crippen LogP contribution in [0.4, 0.5) is 0 Å². The monoisotopic (exact) mass is 203 g/mol. The molecule has 0 heterocycles. The summed E-state index contributed by atoms with van der Waals surface area (Å²) in [6.45, 7) is 4.38. The molecule has 0 bridgehead atoms. The van der Waals surface area contributed by atoms with Gasteiger partial charge in [0.1, 0.15) is 10.7 Å². The Bertz CT molecular complexity index is 226. The van der Waals surface area contributed by atoms with Crippen LogP contribution in [0, 0.1) is 0 Å². The fraction of sp³-hybridized carbons (Fsp3) is 0.556. The molecule has 0 radical (unpaired) electrons. The first-order valence-electron chi connectivity index (χ1n) is 4.28. The summed E-state index contributed by atoms with van der Waals surface area (Å²) in [6, 6.07) is 0. The predicted molar refractivity (Wildman–Crippen MR) is 56.6 cm³/mol. The van der Waals surface area contributed by atoms with E-state index in [1.54, 1.807) is 12.2 Å². The molecule has 0 aliphatic rings. The Balaban J connectivity index is 3.93. The molecule has 0 spiro atoms. The van der Waals surface area contributed by atoms with Crippen LogP contribution in [-0.4, -0.2) is 27.3 Å². The molecule has 76 valence electrons. The summed E-state index contributed by atoms with van der Waals surface area (Å²) >= 11 is 0. The van der Waals surface area contributed by atoms with Gasteiger partial charge in [-0.1, -0.05) is 18.2 Å². The van der Waals surface area contributed by atoms with Gasteiger partial charge in [-0.3, -0.25) is 0 Å². The highest BCUT2D eigenvalue weighted by Gasteiger charge is 2.03. The lowest BCUT2D eigenvalue weighted by molar-refractivity contribution is 0.607. The van der Waals surface area contributed by atoms with Crippen LogP contribution in [0.25, 0.3) is 0 Å². The van der Waals surface area contributed by atoms with E-state index < -0.39 is 10.7 Å². The molecule has 1 unspecified atom stereocenters. The van der Waals surface area contributed by atoms with E-state index in [0.29, 0.717) is 6.42 Å². The van der Waals surface area contributed by atoms with Crippen LogP contribution in [0.15, 0.2) is 24.8 Å². The molecular formula is C9H17NO2S. The van der Waals surface area contributed by atoms with Gasteiger partial charge in [0.25, 0.3) is 0 Å². The third-order valence-corrected chi connectivity index (χ3v) is 2.52. The Hall–Kier alpha value is -0.610. The summed E-state index contributed by atoms with van der Waals surface area (Å²) in [6.07, 6.45) is 6.58. The quantitative estimate of drug-likeness (QED) is 0.364. The van der Waals surface area contributed by atoms with E-state index in [1.165, 1.54) is 0 Å². The Morgan fingerprint density at radius 1 is 1.54 bits per heavy atom. The van der Waals surface area contributed by atoms with Crippen LogP contribution in [0.5, 0.6) is 0 Å². The van der Waals surface area contributed by atoms with E-state index >= 15 is 0 Å². The maximum absolute atomic E-state index is 10.7. The Kier molecular flexibility index (Phi) is 7.63. The van der Waals surface area contributed by atoms with Gasteiger partial charge in [-0.05, 0) is 26.4 Å². The van der Waals surface area contributed by atoms with Gasteiger partial charge in [0.05, 0.1) is 5.25 Å². The lowest BCUT2D eigenvalue weighted by Crippen LogP contribution is -2.07. The molecule has 0 rings (SSSR count). The predicted octanol–water partition coefficient (Wildman–Crippen LogP) is 0.708. The minimum atomic E-state index is -2.37. The fourth-order valence-corrected chi connectivity index (χ4v) is 1.47. The number of nitrogens with one attached hydrogen (secondary N) is 1. The van der Waals surface area contributed by atoms with Crippen molar-refractivity contribution in [3.63, 3.8) is 0 Å². The molecule has 0 saturated carbocycles. The molecule has 3 nitrogen and oxygen atoms in total. The Morgan fingerprint density at radius 3 is 2.69 bits per heavy atom. The van der Waals surface area contributed by atoms with Crippen molar-refractivity contribution in [2.75, 3.05) is 13.6 Å². The number of allylic oxidation sites excluding steroid dienone is 1. The van der Waals surface area contributed by atoms with Crippen molar-refractivity contribution in [3.8, 4) is 0 Å². The van der Waals surface area contributed by atoms with Crippen molar-refractivity contribution in [1.29, 1.82) is 0 Å². The number of hydrogen-bond acceptors (Lipinski definition) is 3. The van der Waals surface area contributed by atoms with E-state index in [9.17, 15) is 8.42 Å². The van der Waals surface area contributed by atoms with Crippen LogP contribution >= 0.6 is 0 Å². The summed E-state index contributed by atoms with van der Waals surface area (Å²) in [7, 11) is -0.505. The Morgan fingerprint density at radius 2 is 2.23 bits per heavy atom. The number of rotatable bonds is 7. The van der Waals surface area contributed by atoms with E-state index in [-0.39, 0.29) is 5.25 Å². The van der Waals surface area contributed by atoms with Gasteiger partial charge in [0.15, 0.2) is 0 Å². The lowest BCUT2D eigenvalue weighted by Gasteiger charge is -1.99. The zero-order chi connectivity index (χ0) is 10.1. The van der Waals surface area contributed by atoms with E-state index in [1.807, 2.05) is 13.1 Å². The van der Waals surface area contributed by atoms with Gasteiger partial charge in [-0.25, -0.2) is 8.42 Å². The summed E-state index contributed by atoms with van der Waals surface area (Å²) in [5.74, 6) is 0. The van der Waals surface area contributed by atoms with Crippen molar-refractivity contribution in [3.05, 3.63) is 24.8 Å². The highest BCUT2D eigenvalue weighted by molar-refractivity contribution is 7.73. The second-order valence-electron chi connectivity index (χ2n) is 2.70. The zero-order valence-electron chi connectivity index (χ0n) is 7.90. The molecule has 0 aromatic heterocycles. The average molecular weight is 203 g/mol. The topological polar surface area (TPSA) is 46.2 Å². The average Bonchev–Trinajstić information content (AvgIpc) is 2.10. The molecule has 0 amide bonds. The van der Waals surface area contributed by atoms with Crippen molar-refractivity contribution < 1.29 is 8.42 Å². The molecule has 1 N–H and O–H groups in total. The highest BCUT2D eigenvalue weighted by atomic mass is 32.2. The van der Waals surface area contributed by atoms with E-state index in [2.05, 4.69) is 11.9 Å². The summed E-state index contributed by atoms with van der Waals surface area (Å²) in [4.78, 5) is 0. The maximum atomic E-state index is 10.7. The normalized spacial score (nSPS) is 13.7. The van der Waals surface area contributed by atoms with Gasteiger partial charge < -0.3 is 5.32 Å². The van der Waals surface area contributed by atoms with Crippen LogP contribution in [0.2, 0.25) is 0 Å². The van der Waals surface area contributed by atoms with Gasteiger partial charge in [-0.2, -0.15) is 0 Å². The van der Waals surface area contributed by atoms with Gasteiger partial charge in [-0.15, -0.1) is 6.58 Å². The maximum Gasteiger partial charge on any atom is 0.146 e.